The fourth-order valence-corrected chi connectivity index (χ4v) is 4.13. The Balaban J connectivity index is 2.75. The van der Waals surface area contributed by atoms with E-state index >= 15 is 0 Å². The monoisotopic (exact) mass is 353 g/mol. The molecule has 130 valence electrons. The molecule has 0 saturated carbocycles. The van der Waals surface area contributed by atoms with Crippen molar-refractivity contribution in [1.82, 2.24) is 4.90 Å². The van der Waals surface area contributed by atoms with Gasteiger partial charge in [0.2, 0.25) is 5.91 Å². The summed E-state index contributed by atoms with van der Waals surface area (Å²) in [5, 5.41) is 19.3. The normalized spacial score (nSPS) is 27.4. The molecule has 5 atom stereocenters. The average molecular weight is 354 g/mol. The van der Waals surface area contributed by atoms with Crippen LogP contribution in [0, 0.1) is 5.92 Å². The van der Waals surface area contributed by atoms with Crippen molar-refractivity contribution >= 4 is 25.8 Å². The second-order valence-corrected chi connectivity index (χ2v) is 12.5. The molecule has 1 aliphatic rings. The Kier molecular flexibility index (Phi) is 6.09. The molecule has 2 N–H and O–H groups in total. The number of halogens is 1. The van der Waals surface area contributed by atoms with Gasteiger partial charge < -0.3 is 19.4 Å². The fourth-order valence-electron chi connectivity index (χ4n) is 2.18. The Morgan fingerprint density at radius 2 is 1.82 bits per heavy atom. The van der Waals surface area contributed by atoms with Gasteiger partial charge in [0.05, 0.1) is 12.0 Å². The summed E-state index contributed by atoms with van der Waals surface area (Å²) in [6, 6.07) is 0. The second-order valence-electron chi connectivity index (χ2n) is 7.27. The number of aliphatic hydroxyl groups excluding tert-OH is 2. The summed E-state index contributed by atoms with van der Waals surface area (Å²) in [5.74, 6) is -0.871. The molecule has 1 rings (SSSR count). The van der Waals surface area contributed by atoms with Gasteiger partial charge in [0.15, 0.2) is 20.8 Å². The lowest BCUT2D eigenvalue weighted by Gasteiger charge is -2.50. The number of rotatable bonds is 6. The lowest BCUT2D eigenvalue weighted by atomic mass is 9.92. The zero-order valence-electron chi connectivity index (χ0n) is 14.3. The van der Waals surface area contributed by atoms with E-state index in [0.717, 1.165) is 4.90 Å². The summed E-state index contributed by atoms with van der Waals surface area (Å²) >= 11 is 6.22. The number of amides is 1. The molecule has 0 radical (unpaired) electrons. The van der Waals surface area contributed by atoms with E-state index in [0.29, 0.717) is 0 Å². The molecule has 22 heavy (non-hydrogen) atoms. The van der Waals surface area contributed by atoms with E-state index in [4.69, 9.17) is 16.0 Å². The van der Waals surface area contributed by atoms with Crippen molar-refractivity contribution in [2.75, 3.05) is 7.11 Å². The van der Waals surface area contributed by atoms with Crippen LogP contribution in [0.2, 0.25) is 18.1 Å². The third-order valence-electron chi connectivity index (χ3n) is 4.68. The van der Waals surface area contributed by atoms with Crippen LogP contribution in [-0.2, 0) is 14.0 Å². The van der Waals surface area contributed by atoms with Gasteiger partial charge in [-0.05, 0) is 25.1 Å². The SMILES string of the molecule is COC(O)C(O)N1C(=O)[C@H]([C@@H](C)O[Si](C)(C)C(C)(C)C)[C@H]1Cl. The molecule has 0 aromatic rings. The highest BCUT2D eigenvalue weighted by Gasteiger charge is 2.54. The highest BCUT2D eigenvalue weighted by Crippen LogP contribution is 2.41. The second kappa shape index (κ2) is 6.74. The van der Waals surface area contributed by atoms with E-state index < -0.39 is 32.3 Å². The summed E-state index contributed by atoms with van der Waals surface area (Å²) in [5.41, 5.74) is -0.730. The van der Waals surface area contributed by atoms with Crippen molar-refractivity contribution in [3.05, 3.63) is 0 Å². The van der Waals surface area contributed by atoms with Gasteiger partial charge in [-0.1, -0.05) is 32.4 Å². The predicted octanol–water partition coefficient (Wildman–Crippen LogP) is 1.70. The smallest absolute Gasteiger partial charge is 0.235 e. The molecule has 0 bridgehead atoms. The number of alkyl halides is 1. The minimum atomic E-state index is -2.02. The van der Waals surface area contributed by atoms with Crippen LogP contribution in [0.5, 0.6) is 0 Å². The summed E-state index contributed by atoms with van der Waals surface area (Å²) < 4.78 is 10.8. The molecule has 1 fully saturated rings. The van der Waals surface area contributed by atoms with Crippen molar-refractivity contribution in [2.24, 2.45) is 5.92 Å². The summed E-state index contributed by atoms with van der Waals surface area (Å²) in [6.45, 7) is 12.4. The van der Waals surface area contributed by atoms with Crippen LogP contribution in [-0.4, -0.2) is 60.6 Å². The Morgan fingerprint density at radius 1 is 1.32 bits per heavy atom. The van der Waals surface area contributed by atoms with Gasteiger partial charge in [-0.25, -0.2) is 0 Å². The molecule has 1 amide bonds. The first-order valence-electron chi connectivity index (χ1n) is 7.38. The van der Waals surface area contributed by atoms with Crippen LogP contribution in [0.3, 0.4) is 0 Å². The maximum Gasteiger partial charge on any atom is 0.235 e. The molecular formula is C14H28ClNO5Si. The number of methoxy groups -OCH3 is 1. The Labute approximate surface area is 138 Å². The number of ether oxygens (including phenoxy) is 1. The molecular weight excluding hydrogens is 326 g/mol. The van der Waals surface area contributed by atoms with Gasteiger partial charge in [0, 0.05) is 7.11 Å². The van der Waals surface area contributed by atoms with Crippen LogP contribution in [0.25, 0.3) is 0 Å². The van der Waals surface area contributed by atoms with Crippen molar-refractivity contribution in [3.63, 3.8) is 0 Å². The Hall–Kier alpha value is -0.183. The molecule has 8 heteroatoms. The quantitative estimate of drug-likeness (QED) is 0.250. The van der Waals surface area contributed by atoms with Gasteiger partial charge in [0.1, 0.15) is 5.50 Å². The van der Waals surface area contributed by atoms with Gasteiger partial charge in [-0.3, -0.25) is 9.69 Å². The standard InChI is InChI=1S/C14H28ClNO5Si/c1-8(21-22(6,7)14(2,3)4)9-10(15)16(11(9)17)12(18)13(19)20-5/h8-10,12-13,18-19H,1-7H3/t8-,9-,10+,12?,13?/m1/s1. The average Bonchev–Trinajstić information content (AvgIpc) is 2.35. The number of β-lactam (4-membered cyclic amide) rings is 1. The minimum Gasteiger partial charge on any atom is -0.413 e. The van der Waals surface area contributed by atoms with Gasteiger partial charge in [-0.2, -0.15) is 0 Å². The highest BCUT2D eigenvalue weighted by molar-refractivity contribution is 6.74. The zero-order valence-corrected chi connectivity index (χ0v) is 16.1. The van der Waals surface area contributed by atoms with Gasteiger partial charge in [0.25, 0.3) is 0 Å². The first kappa shape index (κ1) is 19.9. The van der Waals surface area contributed by atoms with Crippen LogP contribution in [0.1, 0.15) is 27.7 Å². The molecule has 2 unspecified atom stereocenters. The summed E-state index contributed by atoms with van der Waals surface area (Å²) in [4.78, 5) is 13.3. The molecule has 0 aromatic carbocycles. The molecule has 1 aliphatic heterocycles. The van der Waals surface area contributed by atoms with Crippen LogP contribution < -0.4 is 0 Å². The summed E-state index contributed by atoms with van der Waals surface area (Å²) in [7, 11) is -0.778. The third-order valence-corrected chi connectivity index (χ3v) is 9.73. The van der Waals surface area contributed by atoms with Gasteiger partial charge in [-0.15, -0.1) is 0 Å². The zero-order chi connectivity index (χ0) is 17.5. The molecule has 0 spiro atoms. The van der Waals surface area contributed by atoms with E-state index in [1.807, 2.05) is 6.92 Å². The largest absolute Gasteiger partial charge is 0.413 e. The van der Waals surface area contributed by atoms with E-state index in [1.165, 1.54) is 7.11 Å². The van der Waals surface area contributed by atoms with Crippen LogP contribution in [0.15, 0.2) is 0 Å². The number of hydrogen-bond acceptors (Lipinski definition) is 5. The van der Waals surface area contributed by atoms with Gasteiger partial charge >= 0.3 is 0 Å². The van der Waals surface area contributed by atoms with Crippen molar-refractivity contribution in [2.45, 2.75) is 70.0 Å². The van der Waals surface area contributed by atoms with E-state index in [1.54, 1.807) is 0 Å². The van der Waals surface area contributed by atoms with E-state index in [2.05, 4.69) is 38.6 Å². The lowest BCUT2D eigenvalue weighted by Crippen LogP contribution is -2.68. The van der Waals surface area contributed by atoms with Crippen LogP contribution >= 0.6 is 11.6 Å². The molecule has 0 aromatic heterocycles. The van der Waals surface area contributed by atoms with Crippen molar-refractivity contribution < 1.29 is 24.2 Å². The molecule has 1 saturated heterocycles. The number of likely N-dealkylation sites (tertiary alicyclic amines) is 1. The lowest BCUT2D eigenvalue weighted by molar-refractivity contribution is -0.224. The molecule has 0 aliphatic carbocycles. The number of carbonyl (C=O) groups is 1. The topological polar surface area (TPSA) is 79.2 Å². The maximum atomic E-state index is 12.3. The van der Waals surface area contributed by atoms with E-state index in [9.17, 15) is 15.0 Å². The number of aliphatic hydroxyl groups is 2. The first-order chi connectivity index (χ1) is 9.85. The minimum absolute atomic E-state index is 0.0291. The number of hydrogen-bond donors (Lipinski definition) is 2. The van der Waals surface area contributed by atoms with E-state index in [-0.39, 0.29) is 17.0 Å². The highest BCUT2D eigenvalue weighted by atomic mass is 35.5. The Morgan fingerprint density at radius 3 is 2.18 bits per heavy atom. The number of nitrogens with zero attached hydrogens (tertiary/aromatic N) is 1. The third kappa shape index (κ3) is 3.65. The maximum absolute atomic E-state index is 12.3. The van der Waals surface area contributed by atoms with Crippen molar-refractivity contribution in [1.29, 1.82) is 0 Å². The Bertz CT molecular complexity index is 415. The predicted molar refractivity (Wildman–Crippen MR) is 86.7 cm³/mol. The van der Waals surface area contributed by atoms with Crippen LogP contribution in [0.4, 0.5) is 0 Å². The fraction of sp³-hybridized carbons (Fsp3) is 0.929. The van der Waals surface area contributed by atoms with Crippen molar-refractivity contribution in [3.8, 4) is 0 Å². The number of carbonyl (C=O) groups excluding carboxylic acids is 1. The molecule has 1 heterocycles. The first-order valence-corrected chi connectivity index (χ1v) is 10.7. The summed E-state index contributed by atoms with van der Waals surface area (Å²) in [6.07, 6.45) is -3.31. The molecule has 6 nitrogen and oxygen atoms in total.